The third-order valence-corrected chi connectivity index (χ3v) is 6.51. The Morgan fingerprint density at radius 2 is 1.43 bits per heavy atom. The quantitative estimate of drug-likeness (QED) is 0.169. The van der Waals surface area contributed by atoms with E-state index in [1.807, 2.05) is 18.2 Å². The molecule has 0 heterocycles. The molecular formula is C32H41NO4. The second kappa shape index (κ2) is 16.7. The maximum absolute atomic E-state index is 13.1. The molecule has 0 saturated carbocycles. The summed E-state index contributed by atoms with van der Waals surface area (Å²) in [6.07, 6.45) is 6.75. The molecule has 0 amide bonds. The Morgan fingerprint density at radius 3 is 2.14 bits per heavy atom. The molecule has 3 rings (SSSR count). The minimum Gasteiger partial charge on any atom is -0.508 e. The molecule has 0 atom stereocenters. The fourth-order valence-electron chi connectivity index (χ4n) is 4.43. The number of ketones is 1. The molecule has 37 heavy (non-hydrogen) atoms. The highest BCUT2D eigenvalue weighted by atomic mass is 16.5. The monoisotopic (exact) mass is 503 g/mol. The van der Waals surface area contributed by atoms with Crippen molar-refractivity contribution in [2.24, 2.45) is 0 Å². The van der Waals surface area contributed by atoms with Gasteiger partial charge in [0.1, 0.15) is 5.75 Å². The normalized spacial score (nSPS) is 11.2. The number of hydrogen-bond acceptors (Lipinski definition) is 5. The Hall–Kier alpha value is -2.99. The topological polar surface area (TPSA) is 70.0 Å². The first-order valence-corrected chi connectivity index (χ1v) is 13.5. The van der Waals surface area contributed by atoms with Gasteiger partial charge in [0.2, 0.25) is 0 Å². The van der Waals surface area contributed by atoms with E-state index in [0.29, 0.717) is 30.6 Å². The highest BCUT2D eigenvalue weighted by Gasteiger charge is 2.15. The van der Waals surface area contributed by atoms with Crippen LogP contribution in [0, 0.1) is 0 Å². The van der Waals surface area contributed by atoms with Crippen LogP contribution in [0.4, 0.5) is 0 Å². The predicted octanol–water partition coefficient (Wildman–Crippen LogP) is 5.82. The van der Waals surface area contributed by atoms with Crippen molar-refractivity contribution in [2.45, 2.75) is 51.5 Å². The van der Waals surface area contributed by atoms with E-state index in [-0.39, 0.29) is 18.1 Å². The largest absolute Gasteiger partial charge is 0.508 e. The number of phenols is 1. The summed E-state index contributed by atoms with van der Waals surface area (Å²) in [4.78, 5) is 15.3. The summed E-state index contributed by atoms with van der Waals surface area (Å²) in [5.74, 6) is 0.138. The van der Waals surface area contributed by atoms with Crippen LogP contribution in [-0.4, -0.2) is 53.8 Å². The zero-order valence-electron chi connectivity index (χ0n) is 21.9. The zero-order chi connectivity index (χ0) is 26.1. The van der Waals surface area contributed by atoms with Crippen LogP contribution in [0.3, 0.4) is 0 Å². The number of phenolic OH excluding ortho intramolecular Hbond substituents is 1. The number of aliphatic hydroxyl groups excluding tert-OH is 1. The van der Waals surface area contributed by atoms with Crippen LogP contribution < -0.4 is 0 Å². The van der Waals surface area contributed by atoms with Crippen LogP contribution in [-0.2, 0) is 24.1 Å². The van der Waals surface area contributed by atoms with E-state index in [0.717, 1.165) is 58.3 Å². The Balaban J connectivity index is 1.39. The van der Waals surface area contributed by atoms with Crippen LogP contribution in [0.1, 0.15) is 59.2 Å². The molecule has 0 bridgehead atoms. The number of rotatable bonds is 18. The molecule has 3 aromatic rings. The third-order valence-electron chi connectivity index (χ3n) is 6.51. The number of hydrogen-bond donors (Lipinski definition) is 2. The average Bonchev–Trinajstić information content (AvgIpc) is 2.92. The highest BCUT2D eigenvalue weighted by molar-refractivity contribution is 5.98. The molecule has 0 aromatic heterocycles. The van der Waals surface area contributed by atoms with E-state index >= 15 is 0 Å². The molecule has 5 nitrogen and oxygen atoms in total. The molecule has 3 aromatic carbocycles. The smallest absolute Gasteiger partial charge is 0.176 e. The summed E-state index contributed by atoms with van der Waals surface area (Å²) in [6, 6.07) is 25.7. The summed E-state index contributed by atoms with van der Waals surface area (Å²) in [5, 5.41) is 19.2. The van der Waals surface area contributed by atoms with E-state index in [4.69, 9.17) is 4.74 Å². The molecule has 198 valence electrons. The first-order valence-electron chi connectivity index (χ1n) is 13.5. The highest BCUT2D eigenvalue weighted by Crippen LogP contribution is 2.20. The Morgan fingerprint density at radius 1 is 0.757 bits per heavy atom. The van der Waals surface area contributed by atoms with Crippen molar-refractivity contribution in [2.75, 3.05) is 32.9 Å². The van der Waals surface area contributed by atoms with Crippen molar-refractivity contribution in [3.63, 3.8) is 0 Å². The lowest BCUT2D eigenvalue weighted by Gasteiger charge is -2.22. The van der Waals surface area contributed by atoms with Crippen molar-refractivity contribution < 1.29 is 19.7 Å². The van der Waals surface area contributed by atoms with E-state index in [2.05, 4.69) is 47.4 Å². The lowest BCUT2D eigenvalue weighted by molar-refractivity contribution is 0.0921. The van der Waals surface area contributed by atoms with Crippen LogP contribution in [0.15, 0.2) is 78.9 Å². The van der Waals surface area contributed by atoms with Crippen LogP contribution in [0.5, 0.6) is 5.75 Å². The van der Waals surface area contributed by atoms with Crippen LogP contribution >= 0.6 is 0 Å². The Kier molecular flexibility index (Phi) is 12.9. The minimum atomic E-state index is -0.0667. The maximum Gasteiger partial charge on any atom is 0.176 e. The number of aryl methyl sites for hydroxylation is 1. The first kappa shape index (κ1) is 28.6. The fourth-order valence-corrected chi connectivity index (χ4v) is 4.43. The maximum atomic E-state index is 13.1. The number of aromatic hydroxyl groups is 1. The van der Waals surface area contributed by atoms with Gasteiger partial charge in [0, 0.05) is 31.9 Å². The molecular weight excluding hydrogens is 462 g/mol. The van der Waals surface area contributed by atoms with E-state index in [1.165, 1.54) is 11.1 Å². The fraction of sp³-hybridized carbons (Fsp3) is 0.406. The van der Waals surface area contributed by atoms with Gasteiger partial charge in [-0.25, -0.2) is 0 Å². The molecule has 0 aliphatic heterocycles. The van der Waals surface area contributed by atoms with Gasteiger partial charge in [-0.05, 0) is 86.4 Å². The molecule has 0 saturated heterocycles. The van der Waals surface area contributed by atoms with Gasteiger partial charge in [-0.2, -0.15) is 0 Å². The van der Waals surface area contributed by atoms with Crippen LogP contribution in [0.2, 0.25) is 0 Å². The van der Waals surface area contributed by atoms with Gasteiger partial charge in [0.25, 0.3) is 0 Å². The van der Waals surface area contributed by atoms with Crippen LogP contribution in [0.25, 0.3) is 0 Å². The van der Waals surface area contributed by atoms with Crippen molar-refractivity contribution in [3.05, 3.63) is 101 Å². The van der Waals surface area contributed by atoms with E-state index < -0.39 is 0 Å². The lowest BCUT2D eigenvalue weighted by Crippen LogP contribution is -2.30. The summed E-state index contributed by atoms with van der Waals surface area (Å²) in [5.41, 5.74) is 3.74. The summed E-state index contributed by atoms with van der Waals surface area (Å²) < 4.78 is 5.83. The molecule has 0 radical (unpaired) electrons. The lowest BCUT2D eigenvalue weighted by atomic mass is 10.0. The number of benzene rings is 3. The second-order valence-corrected chi connectivity index (χ2v) is 9.55. The van der Waals surface area contributed by atoms with Gasteiger partial charge in [-0.15, -0.1) is 0 Å². The predicted molar refractivity (Wildman–Crippen MR) is 149 cm³/mol. The van der Waals surface area contributed by atoms with E-state index in [9.17, 15) is 15.0 Å². The van der Waals surface area contributed by atoms with Gasteiger partial charge in [-0.1, -0.05) is 60.7 Å². The average molecular weight is 504 g/mol. The van der Waals surface area contributed by atoms with E-state index in [1.54, 1.807) is 18.2 Å². The molecule has 0 fully saturated rings. The molecule has 0 spiro atoms. The van der Waals surface area contributed by atoms with Gasteiger partial charge in [0.15, 0.2) is 5.78 Å². The van der Waals surface area contributed by atoms with Gasteiger partial charge >= 0.3 is 0 Å². The third kappa shape index (κ3) is 10.9. The number of nitrogens with zero attached hydrogens (tertiary/aromatic N) is 1. The minimum absolute atomic E-state index is 0.0222. The van der Waals surface area contributed by atoms with Crippen molar-refractivity contribution in [3.8, 4) is 5.75 Å². The number of unbranched alkanes of at least 4 members (excludes halogenated alkanes) is 3. The van der Waals surface area contributed by atoms with Crippen molar-refractivity contribution in [1.29, 1.82) is 0 Å². The van der Waals surface area contributed by atoms with Crippen molar-refractivity contribution in [1.82, 2.24) is 4.90 Å². The van der Waals surface area contributed by atoms with Gasteiger partial charge in [0.05, 0.1) is 6.54 Å². The first-order chi connectivity index (χ1) is 18.2. The zero-order valence-corrected chi connectivity index (χ0v) is 21.9. The summed E-state index contributed by atoms with van der Waals surface area (Å²) >= 11 is 0. The second-order valence-electron chi connectivity index (χ2n) is 9.55. The standard InChI is InChI=1S/C32H41NO4/c34-21-19-30-24-29(17-18-31(30)35)32(36)26-33(25-28-15-6-2-7-16-28)20-9-3-10-22-37-23-11-8-14-27-12-4-1-5-13-27/h1-2,4-7,12-13,15-18,24,34-35H,3,8-11,14,19-23,25-26H2. The molecule has 0 aliphatic rings. The molecule has 5 heteroatoms. The molecule has 2 N–H and O–H groups in total. The number of carbonyl (C=O) groups is 1. The number of Topliss-reactive ketones (excluding diaryl/α,β-unsaturated/α-hetero) is 1. The molecule has 0 unspecified atom stereocenters. The Bertz CT molecular complexity index is 1040. The molecule has 0 aliphatic carbocycles. The number of ether oxygens (including phenoxy) is 1. The van der Waals surface area contributed by atoms with Gasteiger partial charge in [-0.3, -0.25) is 9.69 Å². The Labute approximate surface area is 221 Å². The van der Waals surface area contributed by atoms with Gasteiger partial charge < -0.3 is 14.9 Å². The van der Waals surface area contributed by atoms with Crippen molar-refractivity contribution >= 4 is 5.78 Å². The SMILES string of the molecule is O=C(CN(CCCCCOCCCCc1ccccc1)Cc1ccccc1)c1ccc(O)c(CCO)c1. The summed E-state index contributed by atoms with van der Waals surface area (Å²) in [7, 11) is 0. The summed E-state index contributed by atoms with van der Waals surface area (Å²) in [6.45, 7) is 3.39. The number of aliphatic hydroxyl groups is 1. The number of carbonyl (C=O) groups excluding carboxylic acids is 1.